The van der Waals surface area contributed by atoms with Gasteiger partial charge in [-0.25, -0.2) is 4.98 Å². The van der Waals surface area contributed by atoms with Crippen LogP contribution in [-0.4, -0.2) is 24.7 Å². The first-order chi connectivity index (χ1) is 8.15. The molecule has 6 nitrogen and oxygen atoms in total. The molecule has 0 saturated heterocycles. The fourth-order valence-corrected chi connectivity index (χ4v) is 2.00. The lowest BCUT2D eigenvalue weighted by Gasteiger charge is -2.01. The zero-order chi connectivity index (χ0) is 12.0. The number of fused-ring (bicyclic) bond motifs is 1. The van der Waals surface area contributed by atoms with E-state index in [-0.39, 0.29) is 5.95 Å². The van der Waals surface area contributed by atoms with Crippen LogP contribution in [0.4, 0.5) is 5.95 Å². The molecule has 0 atom stereocenters. The molecule has 0 amide bonds. The van der Waals surface area contributed by atoms with Gasteiger partial charge in [0.05, 0.1) is 22.3 Å². The Labute approximate surface area is 101 Å². The van der Waals surface area contributed by atoms with Crippen molar-refractivity contribution in [2.24, 2.45) is 7.05 Å². The second-order valence-corrected chi connectivity index (χ2v) is 4.10. The van der Waals surface area contributed by atoms with Crippen LogP contribution in [0.2, 0.25) is 5.02 Å². The molecule has 86 valence electrons. The predicted molar refractivity (Wildman–Crippen MR) is 65.5 cm³/mol. The highest BCUT2D eigenvalue weighted by molar-refractivity contribution is 6.36. The maximum absolute atomic E-state index is 6.11. The molecule has 17 heavy (non-hydrogen) atoms. The van der Waals surface area contributed by atoms with Crippen molar-refractivity contribution >= 4 is 28.6 Å². The first-order valence-corrected chi connectivity index (χ1v) is 5.32. The average molecular weight is 249 g/mol. The van der Waals surface area contributed by atoms with Crippen molar-refractivity contribution in [3.63, 3.8) is 0 Å². The molecule has 0 fully saturated rings. The zero-order valence-corrected chi connectivity index (χ0v) is 9.73. The monoisotopic (exact) mass is 248 g/mol. The topological polar surface area (TPSA) is 85.4 Å². The van der Waals surface area contributed by atoms with Crippen molar-refractivity contribution < 1.29 is 0 Å². The third-order valence-electron chi connectivity index (χ3n) is 2.48. The molecular weight excluding hydrogens is 240 g/mol. The van der Waals surface area contributed by atoms with E-state index in [0.29, 0.717) is 16.4 Å². The van der Waals surface area contributed by atoms with Crippen LogP contribution in [0.15, 0.2) is 18.6 Å². The minimum atomic E-state index is 0.204. The summed E-state index contributed by atoms with van der Waals surface area (Å²) in [6, 6.07) is 0. The second-order valence-electron chi connectivity index (χ2n) is 3.69. The van der Waals surface area contributed by atoms with E-state index in [9.17, 15) is 0 Å². The highest BCUT2D eigenvalue weighted by Crippen LogP contribution is 2.31. The summed E-state index contributed by atoms with van der Waals surface area (Å²) in [7, 11) is 1.84. The maximum Gasteiger partial charge on any atom is 0.222 e. The van der Waals surface area contributed by atoms with E-state index < -0.39 is 0 Å². The lowest BCUT2D eigenvalue weighted by molar-refractivity contribution is 0.768. The molecule has 0 aliphatic rings. The van der Waals surface area contributed by atoms with Gasteiger partial charge < -0.3 is 10.7 Å². The highest BCUT2D eigenvalue weighted by Gasteiger charge is 2.14. The molecule has 0 saturated carbocycles. The summed E-state index contributed by atoms with van der Waals surface area (Å²) >= 11 is 6.11. The fraction of sp³-hybridized carbons (Fsp3) is 0.100. The Balaban J connectivity index is 2.37. The van der Waals surface area contributed by atoms with Gasteiger partial charge in [0.2, 0.25) is 5.95 Å². The van der Waals surface area contributed by atoms with E-state index in [1.165, 1.54) is 0 Å². The SMILES string of the molecule is Cn1cc(-c2nc(N)nc3[nH]cc(Cl)c23)cn1. The molecule has 3 aromatic rings. The Morgan fingerprint density at radius 1 is 1.41 bits per heavy atom. The van der Waals surface area contributed by atoms with Crippen molar-refractivity contribution in [1.82, 2.24) is 24.7 Å². The van der Waals surface area contributed by atoms with Gasteiger partial charge in [-0.2, -0.15) is 10.1 Å². The number of hydrogen-bond acceptors (Lipinski definition) is 4. The minimum absolute atomic E-state index is 0.204. The Kier molecular flexibility index (Phi) is 2.05. The van der Waals surface area contributed by atoms with Gasteiger partial charge in [0, 0.05) is 25.0 Å². The van der Waals surface area contributed by atoms with Crippen LogP contribution in [0.25, 0.3) is 22.3 Å². The molecule has 0 aliphatic carbocycles. The van der Waals surface area contributed by atoms with E-state index in [0.717, 1.165) is 10.9 Å². The van der Waals surface area contributed by atoms with Gasteiger partial charge in [0.15, 0.2) is 0 Å². The molecule has 3 heterocycles. The summed E-state index contributed by atoms with van der Waals surface area (Å²) in [4.78, 5) is 11.3. The summed E-state index contributed by atoms with van der Waals surface area (Å²) in [6.07, 6.45) is 5.23. The second kappa shape index (κ2) is 3.46. The van der Waals surface area contributed by atoms with Gasteiger partial charge in [0.25, 0.3) is 0 Å². The van der Waals surface area contributed by atoms with Crippen molar-refractivity contribution in [1.29, 1.82) is 0 Å². The van der Waals surface area contributed by atoms with E-state index in [1.54, 1.807) is 17.1 Å². The summed E-state index contributed by atoms with van der Waals surface area (Å²) in [5.74, 6) is 0.204. The van der Waals surface area contributed by atoms with Crippen molar-refractivity contribution in [3.05, 3.63) is 23.6 Å². The molecule has 3 aromatic heterocycles. The third-order valence-corrected chi connectivity index (χ3v) is 2.78. The number of nitrogens with zero attached hydrogens (tertiary/aromatic N) is 4. The van der Waals surface area contributed by atoms with Crippen molar-refractivity contribution in [2.45, 2.75) is 0 Å². The van der Waals surface area contributed by atoms with Crippen molar-refractivity contribution in [2.75, 3.05) is 5.73 Å². The Bertz CT molecular complexity index is 698. The number of nitrogens with one attached hydrogen (secondary N) is 1. The van der Waals surface area contributed by atoms with Gasteiger partial charge in [0.1, 0.15) is 5.65 Å². The van der Waals surface area contributed by atoms with Crippen molar-refractivity contribution in [3.8, 4) is 11.3 Å². The number of nitrogens with two attached hydrogens (primary N) is 1. The quantitative estimate of drug-likeness (QED) is 0.685. The minimum Gasteiger partial charge on any atom is -0.368 e. The number of rotatable bonds is 1. The van der Waals surface area contributed by atoms with Gasteiger partial charge in [-0.15, -0.1) is 0 Å². The van der Waals surface area contributed by atoms with Gasteiger partial charge in [-0.3, -0.25) is 4.68 Å². The van der Waals surface area contributed by atoms with Crippen LogP contribution < -0.4 is 5.73 Å². The zero-order valence-electron chi connectivity index (χ0n) is 8.98. The number of halogens is 1. The molecule has 0 spiro atoms. The van der Waals surface area contributed by atoms with Crippen LogP contribution in [0.5, 0.6) is 0 Å². The summed E-state index contributed by atoms with van der Waals surface area (Å²) in [6.45, 7) is 0. The van der Waals surface area contributed by atoms with Crippen LogP contribution in [0.3, 0.4) is 0 Å². The number of H-pyrrole nitrogens is 1. The smallest absolute Gasteiger partial charge is 0.222 e. The first-order valence-electron chi connectivity index (χ1n) is 4.94. The molecule has 0 radical (unpaired) electrons. The maximum atomic E-state index is 6.11. The standard InChI is InChI=1S/C10H9ClN6/c1-17-4-5(2-14-17)8-7-6(11)3-13-9(7)16-10(12)15-8/h2-4H,1H3,(H3,12,13,15,16). The highest BCUT2D eigenvalue weighted by atomic mass is 35.5. The molecule has 0 aliphatic heterocycles. The summed E-state index contributed by atoms with van der Waals surface area (Å²) in [5.41, 5.74) is 7.83. The molecular formula is C10H9ClN6. The number of anilines is 1. The van der Waals surface area contributed by atoms with Crippen LogP contribution in [0, 0.1) is 0 Å². The summed E-state index contributed by atoms with van der Waals surface area (Å²) in [5, 5.41) is 5.43. The lowest BCUT2D eigenvalue weighted by Crippen LogP contribution is -1.97. The first kappa shape index (κ1) is 10.1. The normalized spacial score (nSPS) is 11.2. The van der Waals surface area contributed by atoms with Gasteiger partial charge in [-0.1, -0.05) is 11.6 Å². The number of aromatic amines is 1. The average Bonchev–Trinajstić information content (AvgIpc) is 2.85. The van der Waals surface area contributed by atoms with Crippen LogP contribution in [0.1, 0.15) is 0 Å². The molecule has 3 rings (SSSR count). The Morgan fingerprint density at radius 3 is 2.94 bits per heavy atom. The molecule has 3 N–H and O–H groups in total. The molecule has 0 aromatic carbocycles. The Morgan fingerprint density at radius 2 is 2.24 bits per heavy atom. The molecule has 0 unspecified atom stereocenters. The van der Waals surface area contributed by atoms with E-state index in [1.807, 2.05) is 13.2 Å². The molecule has 7 heteroatoms. The van der Waals surface area contributed by atoms with Gasteiger partial charge >= 0.3 is 0 Å². The number of nitrogen functional groups attached to an aromatic ring is 1. The fourth-order valence-electron chi connectivity index (χ4n) is 1.77. The van der Waals surface area contributed by atoms with Crippen LogP contribution >= 0.6 is 11.6 Å². The van der Waals surface area contributed by atoms with E-state index >= 15 is 0 Å². The van der Waals surface area contributed by atoms with E-state index in [2.05, 4.69) is 20.1 Å². The predicted octanol–water partition coefficient (Wildman–Crippen LogP) is 1.59. The number of aromatic nitrogens is 5. The number of aryl methyl sites for hydroxylation is 1. The van der Waals surface area contributed by atoms with E-state index in [4.69, 9.17) is 17.3 Å². The summed E-state index contributed by atoms with van der Waals surface area (Å²) < 4.78 is 1.69. The van der Waals surface area contributed by atoms with Crippen LogP contribution in [-0.2, 0) is 7.05 Å². The largest absolute Gasteiger partial charge is 0.368 e. The molecule has 0 bridgehead atoms. The third kappa shape index (κ3) is 1.53. The Hall–Kier alpha value is -2.08. The number of hydrogen-bond donors (Lipinski definition) is 2. The van der Waals surface area contributed by atoms with Gasteiger partial charge in [-0.05, 0) is 0 Å². The lowest BCUT2D eigenvalue weighted by atomic mass is 10.2.